The van der Waals surface area contributed by atoms with Crippen LogP contribution in [0.1, 0.15) is 39.3 Å². The van der Waals surface area contributed by atoms with Gasteiger partial charge in [-0.3, -0.25) is 0 Å². The van der Waals surface area contributed by atoms with E-state index < -0.39 is 11.7 Å². The van der Waals surface area contributed by atoms with E-state index in [2.05, 4.69) is 5.32 Å². The van der Waals surface area contributed by atoms with E-state index in [-0.39, 0.29) is 6.04 Å². The zero-order valence-corrected chi connectivity index (χ0v) is 13.8. The van der Waals surface area contributed by atoms with Crippen molar-refractivity contribution in [3.05, 3.63) is 34.0 Å². The maximum Gasteiger partial charge on any atom is 0.408 e. The summed E-state index contributed by atoms with van der Waals surface area (Å²) in [4.78, 5) is 11.8. The minimum atomic E-state index is -0.543. The van der Waals surface area contributed by atoms with E-state index in [4.69, 9.17) is 32.4 Å². The summed E-state index contributed by atoms with van der Waals surface area (Å²) in [6, 6.07) is 3.24. The molecule has 0 saturated heterocycles. The van der Waals surface area contributed by atoms with Crippen molar-refractivity contribution in [3.8, 4) is 0 Å². The highest BCUT2D eigenvalue weighted by atomic mass is 35.5. The van der Waals surface area contributed by atoms with Crippen LogP contribution < -0.4 is 5.32 Å². The Bertz CT molecular complexity index is 673. The highest BCUT2D eigenvalue weighted by Gasteiger charge is 2.21. The molecule has 0 radical (unpaired) electrons. The number of benzene rings is 1. The lowest BCUT2D eigenvalue weighted by Crippen LogP contribution is -2.33. The van der Waals surface area contributed by atoms with Gasteiger partial charge in [-0.2, -0.15) is 0 Å². The average Bonchev–Trinajstić information content (AvgIpc) is 2.75. The summed E-state index contributed by atoms with van der Waals surface area (Å²) < 4.78 is 10.7. The van der Waals surface area contributed by atoms with Gasteiger partial charge in [-0.1, -0.05) is 23.2 Å². The molecule has 0 aliphatic heterocycles. The van der Waals surface area contributed by atoms with Gasteiger partial charge in [0, 0.05) is 10.9 Å². The van der Waals surface area contributed by atoms with Crippen molar-refractivity contribution >= 4 is 40.3 Å². The Morgan fingerprint density at radius 2 is 2.00 bits per heavy atom. The Kier molecular flexibility index (Phi) is 4.40. The van der Waals surface area contributed by atoms with Crippen LogP contribution in [0.2, 0.25) is 10.0 Å². The SMILES string of the molecule is CC(NC(=O)OC(C)(C)C)c1coc2c(Cl)c(Cl)ccc12. The average molecular weight is 330 g/mol. The van der Waals surface area contributed by atoms with Crippen LogP contribution >= 0.6 is 23.2 Å². The number of alkyl carbamates (subject to hydrolysis) is 1. The van der Waals surface area contributed by atoms with Crippen molar-refractivity contribution in [2.75, 3.05) is 0 Å². The van der Waals surface area contributed by atoms with E-state index in [9.17, 15) is 4.79 Å². The maximum absolute atomic E-state index is 11.8. The summed E-state index contributed by atoms with van der Waals surface area (Å²) in [5.74, 6) is 0. The first-order valence-electron chi connectivity index (χ1n) is 6.53. The number of nitrogens with one attached hydrogen (secondary N) is 1. The van der Waals surface area contributed by atoms with Crippen LogP contribution in [0.4, 0.5) is 4.79 Å². The first kappa shape index (κ1) is 16.0. The second-order valence-electron chi connectivity index (χ2n) is 5.80. The Morgan fingerprint density at radius 1 is 1.33 bits per heavy atom. The van der Waals surface area contributed by atoms with Crippen LogP contribution in [0.15, 0.2) is 22.8 Å². The molecule has 1 unspecified atom stereocenters. The molecule has 1 aromatic heterocycles. The van der Waals surface area contributed by atoms with Crippen molar-refractivity contribution in [1.82, 2.24) is 5.32 Å². The van der Waals surface area contributed by atoms with Crippen LogP contribution in [-0.4, -0.2) is 11.7 Å². The number of ether oxygens (including phenoxy) is 1. The molecule has 0 fully saturated rings. The topological polar surface area (TPSA) is 51.5 Å². The Balaban J connectivity index is 2.22. The molecule has 114 valence electrons. The van der Waals surface area contributed by atoms with Gasteiger partial charge in [-0.15, -0.1) is 0 Å². The third-order valence-electron chi connectivity index (χ3n) is 2.86. The van der Waals surface area contributed by atoms with E-state index in [0.29, 0.717) is 15.6 Å². The van der Waals surface area contributed by atoms with Crippen LogP contribution in [0.5, 0.6) is 0 Å². The van der Waals surface area contributed by atoms with Gasteiger partial charge in [-0.25, -0.2) is 4.79 Å². The zero-order valence-electron chi connectivity index (χ0n) is 12.3. The fraction of sp³-hybridized carbons (Fsp3) is 0.400. The Hall–Kier alpha value is -1.39. The number of amides is 1. The quantitative estimate of drug-likeness (QED) is 0.810. The molecule has 1 aromatic carbocycles. The molecule has 1 N–H and O–H groups in total. The van der Waals surface area contributed by atoms with Crippen LogP contribution in [0, 0.1) is 0 Å². The monoisotopic (exact) mass is 329 g/mol. The number of furan rings is 1. The smallest absolute Gasteiger partial charge is 0.408 e. The molecule has 0 saturated carbocycles. The molecule has 0 aliphatic carbocycles. The molecule has 1 atom stereocenters. The number of hydrogen-bond acceptors (Lipinski definition) is 3. The third kappa shape index (κ3) is 3.63. The third-order valence-corrected chi connectivity index (χ3v) is 3.65. The second kappa shape index (κ2) is 5.78. The van der Waals surface area contributed by atoms with Crippen molar-refractivity contribution in [2.24, 2.45) is 0 Å². The summed E-state index contributed by atoms with van der Waals surface area (Å²) >= 11 is 12.1. The Morgan fingerprint density at radius 3 is 2.62 bits per heavy atom. The lowest BCUT2D eigenvalue weighted by molar-refractivity contribution is 0.0508. The minimum absolute atomic E-state index is 0.279. The molecule has 1 amide bonds. The molecule has 1 heterocycles. The molecular weight excluding hydrogens is 313 g/mol. The van der Waals surface area contributed by atoms with Gasteiger partial charge in [0.05, 0.1) is 17.3 Å². The summed E-state index contributed by atoms with van der Waals surface area (Å²) in [5.41, 5.74) is 0.783. The maximum atomic E-state index is 11.8. The van der Waals surface area contributed by atoms with Crippen LogP contribution in [0.3, 0.4) is 0 Å². The minimum Gasteiger partial charge on any atom is -0.462 e. The van der Waals surface area contributed by atoms with E-state index in [1.807, 2.05) is 33.8 Å². The first-order valence-corrected chi connectivity index (χ1v) is 7.29. The molecule has 0 bridgehead atoms. The highest BCUT2D eigenvalue weighted by molar-refractivity contribution is 6.44. The second-order valence-corrected chi connectivity index (χ2v) is 6.58. The fourth-order valence-corrected chi connectivity index (χ4v) is 2.32. The predicted molar refractivity (Wildman–Crippen MR) is 84.0 cm³/mol. The van der Waals surface area contributed by atoms with Crippen LogP contribution in [-0.2, 0) is 4.74 Å². The van der Waals surface area contributed by atoms with Gasteiger partial charge in [0.2, 0.25) is 0 Å². The summed E-state index contributed by atoms with van der Waals surface area (Å²) in [5, 5.41) is 4.37. The first-order chi connectivity index (χ1) is 9.69. The number of carbonyl (C=O) groups is 1. The lowest BCUT2D eigenvalue weighted by atomic mass is 10.1. The summed E-state index contributed by atoms with van der Waals surface area (Å²) in [6.45, 7) is 7.28. The van der Waals surface area contributed by atoms with Gasteiger partial charge in [0.25, 0.3) is 0 Å². The van der Waals surface area contributed by atoms with Gasteiger partial charge in [0.15, 0.2) is 5.58 Å². The van der Waals surface area contributed by atoms with E-state index in [1.54, 1.807) is 12.3 Å². The van der Waals surface area contributed by atoms with Crippen molar-refractivity contribution in [1.29, 1.82) is 0 Å². The molecule has 6 heteroatoms. The van der Waals surface area contributed by atoms with Gasteiger partial charge >= 0.3 is 6.09 Å². The number of fused-ring (bicyclic) bond motifs is 1. The van der Waals surface area contributed by atoms with Crippen molar-refractivity contribution in [2.45, 2.75) is 39.3 Å². The molecule has 4 nitrogen and oxygen atoms in total. The Labute approximate surface area is 133 Å². The predicted octanol–water partition coefficient (Wildman–Crippen LogP) is 5.33. The van der Waals surface area contributed by atoms with E-state index >= 15 is 0 Å². The van der Waals surface area contributed by atoms with Gasteiger partial charge in [-0.05, 0) is 39.8 Å². The van der Waals surface area contributed by atoms with Crippen LogP contribution in [0.25, 0.3) is 11.0 Å². The molecular formula is C15H17Cl2NO3. The number of carbonyl (C=O) groups excluding carboxylic acids is 1. The number of rotatable bonds is 2. The standard InChI is InChI=1S/C15H17Cl2NO3/c1-8(18-14(19)21-15(2,3)4)10-7-20-13-9(10)5-6-11(16)12(13)17/h5-8H,1-4H3,(H,18,19). The normalized spacial score (nSPS) is 13.2. The van der Waals surface area contributed by atoms with Gasteiger partial charge in [0.1, 0.15) is 10.6 Å². The van der Waals surface area contributed by atoms with Crippen molar-refractivity contribution in [3.63, 3.8) is 0 Å². The molecule has 0 spiro atoms. The fourth-order valence-electron chi connectivity index (χ4n) is 1.96. The summed E-state index contributed by atoms with van der Waals surface area (Å²) in [6.07, 6.45) is 1.08. The number of halogens is 2. The molecule has 21 heavy (non-hydrogen) atoms. The number of hydrogen-bond donors (Lipinski definition) is 1. The molecule has 0 aliphatic rings. The zero-order chi connectivity index (χ0) is 15.8. The van der Waals surface area contributed by atoms with E-state index in [0.717, 1.165) is 10.9 Å². The largest absolute Gasteiger partial charge is 0.462 e. The highest BCUT2D eigenvalue weighted by Crippen LogP contribution is 2.35. The molecule has 2 aromatic rings. The van der Waals surface area contributed by atoms with Gasteiger partial charge < -0.3 is 14.5 Å². The lowest BCUT2D eigenvalue weighted by Gasteiger charge is -2.21. The van der Waals surface area contributed by atoms with Crippen molar-refractivity contribution < 1.29 is 13.9 Å². The summed E-state index contributed by atoms with van der Waals surface area (Å²) in [7, 11) is 0. The van der Waals surface area contributed by atoms with E-state index in [1.165, 1.54) is 0 Å². The molecule has 2 rings (SSSR count).